The third-order valence-corrected chi connectivity index (χ3v) is 3.64. The molecule has 1 amide bonds. The van der Waals surface area contributed by atoms with E-state index < -0.39 is 23.3 Å². The summed E-state index contributed by atoms with van der Waals surface area (Å²) in [5, 5.41) is 6.90. The zero-order valence-corrected chi connectivity index (χ0v) is 13.4. The lowest BCUT2D eigenvalue weighted by Crippen LogP contribution is -2.33. The summed E-state index contributed by atoms with van der Waals surface area (Å²) < 4.78 is 14.0. The average molecular weight is 338 g/mol. The molecule has 0 fully saturated rings. The molecule has 0 aliphatic heterocycles. The molecule has 1 aromatic carbocycles. The highest BCUT2D eigenvalue weighted by atomic mass is 19.1. The quantitative estimate of drug-likeness (QED) is 0.793. The molecule has 6 nitrogen and oxygen atoms in total. The van der Waals surface area contributed by atoms with Crippen LogP contribution in [0.4, 0.5) is 10.1 Å². The first-order valence-corrected chi connectivity index (χ1v) is 7.61. The monoisotopic (exact) mass is 338 g/mol. The van der Waals surface area contributed by atoms with E-state index in [4.69, 9.17) is 0 Å². The van der Waals surface area contributed by atoms with Crippen LogP contribution in [0.3, 0.4) is 0 Å². The molecule has 7 heteroatoms. The van der Waals surface area contributed by atoms with E-state index in [-0.39, 0.29) is 0 Å². The van der Waals surface area contributed by atoms with Crippen molar-refractivity contribution in [3.05, 3.63) is 77.1 Å². The Bertz CT molecular complexity index is 939. The Morgan fingerprint density at radius 2 is 1.92 bits per heavy atom. The standard InChI is InChI=1S/C18H15FN4O2/c1-12(18(25)21-15-6-4-14(19)5-7-15)23-17(24)9-8-16(22-23)13-3-2-10-20-11-13/h2-12H,1H3,(H,21,25). The van der Waals surface area contributed by atoms with Gasteiger partial charge in [-0.2, -0.15) is 5.10 Å². The summed E-state index contributed by atoms with van der Waals surface area (Å²) in [4.78, 5) is 28.5. The van der Waals surface area contributed by atoms with Gasteiger partial charge in [-0.05, 0) is 49.4 Å². The third kappa shape index (κ3) is 3.77. The highest BCUT2D eigenvalue weighted by Crippen LogP contribution is 2.15. The maximum Gasteiger partial charge on any atom is 0.267 e. The number of rotatable bonds is 4. The molecule has 0 saturated heterocycles. The molecule has 2 heterocycles. The van der Waals surface area contributed by atoms with E-state index in [1.54, 1.807) is 31.5 Å². The molecule has 1 N–H and O–H groups in total. The first kappa shape index (κ1) is 16.5. The van der Waals surface area contributed by atoms with Crippen LogP contribution in [-0.2, 0) is 4.79 Å². The predicted molar refractivity (Wildman–Crippen MR) is 91.5 cm³/mol. The topological polar surface area (TPSA) is 76.9 Å². The van der Waals surface area contributed by atoms with Gasteiger partial charge in [0.2, 0.25) is 5.91 Å². The van der Waals surface area contributed by atoms with E-state index in [0.717, 1.165) is 10.2 Å². The zero-order chi connectivity index (χ0) is 17.8. The number of anilines is 1. The smallest absolute Gasteiger partial charge is 0.267 e. The molecule has 3 aromatic rings. The van der Waals surface area contributed by atoms with E-state index in [2.05, 4.69) is 15.4 Å². The van der Waals surface area contributed by atoms with Crippen molar-refractivity contribution in [2.45, 2.75) is 13.0 Å². The number of hydrogen-bond acceptors (Lipinski definition) is 4. The van der Waals surface area contributed by atoms with Crippen molar-refractivity contribution in [2.24, 2.45) is 0 Å². The van der Waals surface area contributed by atoms with Gasteiger partial charge in [0.1, 0.15) is 11.9 Å². The Morgan fingerprint density at radius 1 is 1.16 bits per heavy atom. The Labute approximate surface area is 143 Å². The third-order valence-electron chi connectivity index (χ3n) is 3.64. The summed E-state index contributed by atoms with van der Waals surface area (Å²) in [6.45, 7) is 1.57. The van der Waals surface area contributed by atoms with E-state index in [0.29, 0.717) is 11.4 Å². The number of amides is 1. The van der Waals surface area contributed by atoms with Crippen LogP contribution >= 0.6 is 0 Å². The van der Waals surface area contributed by atoms with Gasteiger partial charge in [-0.1, -0.05) is 0 Å². The minimum absolute atomic E-state index is 0.394. The molecule has 1 atom stereocenters. The predicted octanol–water partition coefficient (Wildman–Crippen LogP) is 2.64. The summed E-state index contributed by atoms with van der Waals surface area (Å²) in [5.74, 6) is -0.822. The lowest BCUT2D eigenvalue weighted by Gasteiger charge is -2.15. The Hall–Kier alpha value is -3.35. The normalized spacial score (nSPS) is 11.8. The van der Waals surface area contributed by atoms with Gasteiger partial charge in [-0.15, -0.1) is 0 Å². The maximum absolute atomic E-state index is 12.9. The molecule has 0 spiro atoms. The Kier molecular flexibility index (Phi) is 4.65. The van der Waals surface area contributed by atoms with Crippen LogP contribution in [0.25, 0.3) is 11.3 Å². The summed E-state index contributed by atoms with van der Waals surface area (Å²) in [7, 11) is 0. The summed E-state index contributed by atoms with van der Waals surface area (Å²) in [5.41, 5.74) is 1.32. The van der Waals surface area contributed by atoms with Gasteiger partial charge in [-0.3, -0.25) is 14.6 Å². The minimum atomic E-state index is -0.839. The van der Waals surface area contributed by atoms with Crippen molar-refractivity contribution in [1.29, 1.82) is 0 Å². The molecule has 0 saturated carbocycles. The van der Waals surface area contributed by atoms with Crippen molar-refractivity contribution in [3.63, 3.8) is 0 Å². The lowest BCUT2D eigenvalue weighted by atomic mass is 10.2. The SMILES string of the molecule is CC(C(=O)Nc1ccc(F)cc1)n1nc(-c2cccnc2)ccc1=O. The molecule has 0 aliphatic carbocycles. The second-order valence-electron chi connectivity index (χ2n) is 5.42. The summed E-state index contributed by atoms with van der Waals surface area (Å²) in [6.07, 6.45) is 3.26. The lowest BCUT2D eigenvalue weighted by molar-refractivity contribution is -0.119. The molecule has 2 aromatic heterocycles. The van der Waals surface area contributed by atoms with Gasteiger partial charge in [0.05, 0.1) is 5.69 Å². The van der Waals surface area contributed by atoms with Crippen LogP contribution in [0.2, 0.25) is 0 Å². The highest BCUT2D eigenvalue weighted by Gasteiger charge is 2.18. The molecule has 3 rings (SSSR count). The van der Waals surface area contributed by atoms with Gasteiger partial charge >= 0.3 is 0 Å². The fourth-order valence-electron chi connectivity index (χ4n) is 2.26. The molecule has 0 aliphatic rings. The van der Waals surface area contributed by atoms with E-state index >= 15 is 0 Å². The molecular formula is C18H15FN4O2. The fourth-order valence-corrected chi connectivity index (χ4v) is 2.26. The number of aromatic nitrogens is 3. The van der Waals surface area contributed by atoms with Crippen molar-refractivity contribution in [2.75, 3.05) is 5.32 Å². The van der Waals surface area contributed by atoms with Crippen LogP contribution < -0.4 is 10.9 Å². The number of carbonyl (C=O) groups is 1. The van der Waals surface area contributed by atoms with Gasteiger partial charge in [0.25, 0.3) is 5.56 Å². The molecular weight excluding hydrogens is 323 g/mol. The second kappa shape index (κ2) is 7.04. The number of hydrogen-bond donors (Lipinski definition) is 1. The van der Waals surface area contributed by atoms with Crippen molar-refractivity contribution >= 4 is 11.6 Å². The average Bonchev–Trinajstić information content (AvgIpc) is 2.64. The number of carbonyl (C=O) groups excluding carboxylic acids is 1. The van der Waals surface area contributed by atoms with Gasteiger partial charge in [-0.25, -0.2) is 9.07 Å². The second-order valence-corrected chi connectivity index (χ2v) is 5.42. The molecule has 25 heavy (non-hydrogen) atoms. The van der Waals surface area contributed by atoms with E-state index in [1.807, 2.05) is 6.07 Å². The van der Waals surface area contributed by atoms with Crippen LogP contribution in [0.5, 0.6) is 0 Å². The molecule has 0 bridgehead atoms. The summed E-state index contributed by atoms with van der Waals surface area (Å²) >= 11 is 0. The van der Waals surface area contributed by atoms with Crippen LogP contribution in [0.15, 0.2) is 65.7 Å². The zero-order valence-electron chi connectivity index (χ0n) is 13.4. The van der Waals surface area contributed by atoms with Gasteiger partial charge in [0, 0.05) is 29.7 Å². The molecule has 126 valence electrons. The summed E-state index contributed by atoms with van der Waals surface area (Å²) in [6, 6.07) is 11.1. The highest BCUT2D eigenvalue weighted by molar-refractivity contribution is 5.93. The van der Waals surface area contributed by atoms with Crippen LogP contribution in [-0.4, -0.2) is 20.7 Å². The van der Waals surface area contributed by atoms with Crippen molar-refractivity contribution in [1.82, 2.24) is 14.8 Å². The first-order valence-electron chi connectivity index (χ1n) is 7.61. The number of nitrogens with zero attached hydrogens (tertiary/aromatic N) is 3. The van der Waals surface area contributed by atoms with E-state index in [1.165, 1.54) is 30.3 Å². The molecule has 1 unspecified atom stereocenters. The Morgan fingerprint density at radius 3 is 2.60 bits per heavy atom. The number of benzene rings is 1. The number of halogens is 1. The number of pyridine rings is 1. The van der Waals surface area contributed by atoms with Crippen molar-refractivity contribution < 1.29 is 9.18 Å². The Balaban J connectivity index is 1.86. The van der Waals surface area contributed by atoms with Crippen molar-refractivity contribution in [3.8, 4) is 11.3 Å². The largest absolute Gasteiger partial charge is 0.324 e. The maximum atomic E-state index is 12.9. The van der Waals surface area contributed by atoms with Gasteiger partial charge < -0.3 is 5.32 Å². The van der Waals surface area contributed by atoms with Crippen LogP contribution in [0.1, 0.15) is 13.0 Å². The van der Waals surface area contributed by atoms with Gasteiger partial charge in [0.15, 0.2) is 0 Å². The van der Waals surface area contributed by atoms with Crippen LogP contribution in [0, 0.1) is 5.82 Å². The fraction of sp³-hybridized carbons (Fsp3) is 0.111. The van der Waals surface area contributed by atoms with E-state index in [9.17, 15) is 14.0 Å². The molecule has 0 radical (unpaired) electrons. The first-order chi connectivity index (χ1) is 12.0. The minimum Gasteiger partial charge on any atom is -0.324 e. The number of nitrogens with one attached hydrogen (secondary N) is 1.